The van der Waals surface area contributed by atoms with Crippen molar-refractivity contribution in [3.63, 3.8) is 0 Å². The molecule has 0 saturated carbocycles. The van der Waals surface area contributed by atoms with E-state index in [0.29, 0.717) is 17.5 Å². The number of aromatic nitrogens is 3. The van der Waals surface area contributed by atoms with Crippen molar-refractivity contribution < 1.29 is 9.53 Å². The third-order valence-corrected chi connectivity index (χ3v) is 7.43. The summed E-state index contributed by atoms with van der Waals surface area (Å²) in [5.74, 6) is 2.56. The van der Waals surface area contributed by atoms with Crippen molar-refractivity contribution in [2.45, 2.75) is 68.8 Å². The highest BCUT2D eigenvalue weighted by atomic mass is 32.2. The third-order valence-electron chi connectivity index (χ3n) is 6.52. The monoisotopic (exact) mass is 488 g/mol. The van der Waals surface area contributed by atoms with Gasteiger partial charge in [-0.25, -0.2) is 4.68 Å². The Balaban J connectivity index is 1.38. The van der Waals surface area contributed by atoms with Crippen LogP contribution in [0.4, 0.5) is 5.95 Å². The summed E-state index contributed by atoms with van der Waals surface area (Å²) in [5.41, 5.74) is 4.06. The van der Waals surface area contributed by atoms with Gasteiger partial charge in [-0.3, -0.25) is 4.79 Å². The van der Waals surface area contributed by atoms with Gasteiger partial charge in [0.25, 0.3) is 0 Å². The Labute approximate surface area is 211 Å². The molecule has 35 heavy (non-hydrogen) atoms. The molecule has 1 N–H and O–H groups in total. The largest absolute Gasteiger partial charge is 0.494 e. The third kappa shape index (κ3) is 5.45. The number of allylic oxidation sites excluding steroid dienone is 2. The van der Waals surface area contributed by atoms with Gasteiger partial charge < -0.3 is 10.1 Å². The number of hydrogen-bond acceptors (Lipinski definition) is 6. The molecule has 0 bridgehead atoms. The first kappa shape index (κ1) is 23.7. The highest BCUT2D eigenvalue weighted by molar-refractivity contribution is 7.98. The number of hydrogen-bond donors (Lipinski definition) is 1. The number of carbonyl (C=O) groups excluding carboxylic acids is 1. The Kier molecular flexibility index (Phi) is 7.52. The number of thioether (sulfide) groups is 1. The Hall–Kier alpha value is -3.06. The number of ketones is 1. The van der Waals surface area contributed by atoms with Crippen LogP contribution in [0.5, 0.6) is 5.75 Å². The second kappa shape index (κ2) is 11.1. The summed E-state index contributed by atoms with van der Waals surface area (Å²) in [6.07, 6.45) is 7.04. The van der Waals surface area contributed by atoms with E-state index in [2.05, 4.69) is 36.5 Å². The summed E-state index contributed by atoms with van der Waals surface area (Å²) in [5, 5.41) is 8.96. The van der Waals surface area contributed by atoms with Crippen LogP contribution < -0.4 is 10.1 Å². The van der Waals surface area contributed by atoms with Crippen LogP contribution in [0.3, 0.4) is 0 Å². The summed E-state index contributed by atoms with van der Waals surface area (Å²) in [6.45, 7) is 2.94. The van der Waals surface area contributed by atoms with Crippen LogP contribution in [0.25, 0.3) is 0 Å². The van der Waals surface area contributed by atoms with E-state index in [1.807, 2.05) is 35.0 Å². The minimum absolute atomic E-state index is 0.194. The van der Waals surface area contributed by atoms with Crippen LogP contribution in [0.1, 0.15) is 69.0 Å². The molecule has 1 aliphatic carbocycles. The molecule has 182 valence electrons. The molecule has 1 aliphatic heterocycles. The summed E-state index contributed by atoms with van der Waals surface area (Å²) in [7, 11) is 0. The highest BCUT2D eigenvalue weighted by Crippen LogP contribution is 2.41. The fraction of sp³-hybridized carbons (Fsp3) is 0.393. The lowest BCUT2D eigenvalue weighted by molar-refractivity contribution is -0.116. The summed E-state index contributed by atoms with van der Waals surface area (Å²) in [4.78, 5) is 17.8. The molecule has 7 heteroatoms. The first-order valence-electron chi connectivity index (χ1n) is 12.6. The molecule has 1 unspecified atom stereocenters. The van der Waals surface area contributed by atoms with Gasteiger partial charge >= 0.3 is 0 Å². The lowest BCUT2D eigenvalue weighted by Crippen LogP contribution is -2.31. The molecule has 2 heterocycles. The Morgan fingerprint density at radius 1 is 1.06 bits per heavy atom. The number of rotatable bonds is 10. The smallest absolute Gasteiger partial charge is 0.227 e. The van der Waals surface area contributed by atoms with E-state index in [1.165, 1.54) is 24.8 Å². The molecule has 0 fully saturated rings. The second-order valence-electron chi connectivity index (χ2n) is 9.11. The van der Waals surface area contributed by atoms with Gasteiger partial charge in [0.1, 0.15) is 11.8 Å². The molecule has 3 aromatic rings. The molecule has 2 aliphatic rings. The fourth-order valence-electron chi connectivity index (χ4n) is 4.69. The summed E-state index contributed by atoms with van der Waals surface area (Å²) < 4.78 is 7.83. The lowest BCUT2D eigenvalue weighted by atomic mass is 9.85. The standard InChI is InChI=1S/C28H32N4O2S/c1-2-3-4-8-18-34-22-16-14-21(15-17-22)26-25-23(12-9-13-24(25)33)29-27-30-28(31-32(26)27)35-19-20-10-6-5-7-11-20/h5-7,10-11,14-17,26H,2-4,8-9,12-13,18-19H2,1H3,(H,29,30,31). The number of carbonyl (C=O) groups is 1. The van der Waals surface area contributed by atoms with E-state index < -0.39 is 0 Å². The first-order chi connectivity index (χ1) is 17.2. The van der Waals surface area contributed by atoms with Crippen molar-refractivity contribution in [1.82, 2.24) is 14.8 Å². The molecule has 5 rings (SSSR count). The molecule has 0 spiro atoms. The quantitative estimate of drug-likeness (QED) is 0.258. The number of Topliss-reactive ketones (excluding diaryl/α,β-unsaturated/α-hetero) is 1. The maximum atomic E-state index is 13.0. The Bertz CT molecular complexity index is 1190. The number of fused-ring (bicyclic) bond motifs is 1. The highest BCUT2D eigenvalue weighted by Gasteiger charge is 2.36. The minimum atomic E-state index is -0.272. The summed E-state index contributed by atoms with van der Waals surface area (Å²) in [6, 6.07) is 18.2. The van der Waals surface area contributed by atoms with E-state index >= 15 is 0 Å². The topological polar surface area (TPSA) is 69.0 Å². The molecular weight excluding hydrogens is 456 g/mol. The lowest BCUT2D eigenvalue weighted by Gasteiger charge is -2.32. The molecule has 1 aromatic heterocycles. The van der Waals surface area contributed by atoms with Crippen molar-refractivity contribution in [1.29, 1.82) is 0 Å². The Morgan fingerprint density at radius 2 is 1.89 bits per heavy atom. The fourth-order valence-corrected chi connectivity index (χ4v) is 5.48. The minimum Gasteiger partial charge on any atom is -0.494 e. The van der Waals surface area contributed by atoms with E-state index in [-0.39, 0.29) is 11.8 Å². The molecule has 0 radical (unpaired) electrons. The second-order valence-corrected chi connectivity index (χ2v) is 10.1. The molecule has 6 nitrogen and oxygen atoms in total. The van der Waals surface area contributed by atoms with Crippen molar-refractivity contribution in [2.24, 2.45) is 0 Å². The van der Waals surface area contributed by atoms with Gasteiger partial charge in [-0.2, -0.15) is 4.98 Å². The van der Waals surface area contributed by atoms with Crippen molar-refractivity contribution in [3.05, 3.63) is 77.0 Å². The van der Waals surface area contributed by atoms with E-state index in [0.717, 1.165) is 54.2 Å². The number of benzene rings is 2. The predicted octanol–water partition coefficient (Wildman–Crippen LogP) is 6.55. The van der Waals surface area contributed by atoms with Crippen LogP contribution in [0.2, 0.25) is 0 Å². The first-order valence-corrected chi connectivity index (χ1v) is 13.6. The van der Waals surface area contributed by atoms with Crippen molar-refractivity contribution in [2.75, 3.05) is 11.9 Å². The van der Waals surface area contributed by atoms with Crippen LogP contribution >= 0.6 is 11.8 Å². The maximum Gasteiger partial charge on any atom is 0.227 e. The zero-order chi connectivity index (χ0) is 24.0. The number of anilines is 1. The number of ether oxygens (including phenoxy) is 1. The predicted molar refractivity (Wildman–Crippen MR) is 140 cm³/mol. The van der Waals surface area contributed by atoms with Gasteiger partial charge in [-0.15, -0.1) is 5.10 Å². The summed E-state index contributed by atoms with van der Waals surface area (Å²) >= 11 is 1.61. The van der Waals surface area contributed by atoms with Gasteiger partial charge in [-0.05, 0) is 42.5 Å². The van der Waals surface area contributed by atoms with Gasteiger partial charge in [0.2, 0.25) is 11.1 Å². The van der Waals surface area contributed by atoms with E-state index in [1.54, 1.807) is 11.8 Å². The normalized spacial score (nSPS) is 17.1. The average Bonchev–Trinajstić information content (AvgIpc) is 3.30. The van der Waals surface area contributed by atoms with Crippen LogP contribution in [0.15, 0.2) is 71.0 Å². The number of unbranched alkanes of at least 4 members (excludes halogenated alkanes) is 3. The maximum absolute atomic E-state index is 13.0. The van der Waals surface area contributed by atoms with Gasteiger partial charge in [0.15, 0.2) is 5.78 Å². The van der Waals surface area contributed by atoms with Gasteiger partial charge in [0, 0.05) is 23.4 Å². The molecule has 0 saturated heterocycles. The zero-order valence-corrected chi connectivity index (χ0v) is 21.0. The molecule has 2 aromatic carbocycles. The molecule has 1 atom stereocenters. The van der Waals surface area contributed by atoms with Crippen LogP contribution in [-0.4, -0.2) is 27.2 Å². The van der Waals surface area contributed by atoms with E-state index in [4.69, 9.17) is 14.8 Å². The van der Waals surface area contributed by atoms with Crippen molar-refractivity contribution in [3.8, 4) is 5.75 Å². The van der Waals surface area contributed by atoms with Crippen LogP contribution in [-0.2, 0) is 10.5 Å². The molecular formula is C28H32N4O2S. The van der Waals surface area contributed by atoms with Crippen molar-refractivity contribution >= 4 is 23.5 Å². The zero-order valence-electron chi connectivity index (χ0n) is 20.2. The van der Waals surface area contributed by atoms with Crippen LogP contribution in [0, 0.1) is 0 Å². The number of nitrogens with one attached hydrogen (secondary N) is 1. The van der Waals surface area contributed by atoms with Gasteiger partial charge in [0.05, 0.1) is 6.61 Å². The Morgan fingerprint density at radius 3 is 2.69 bits per heavy atom. The van der Waals surface area contributed by atoms with E-state index in [9.17, 15) is 4.79 Å². The molecule has 0 amide bonds. The number of nitrogens with zero attached hydrogens (tertiary/aromatic N) is 3. The SMILES string of the molecule is CCCCCCOc1ccc(C2C3=C(CCCC3=O)Nc3nc(SCc4ccccc4)nn32)cc1. The van der Waals surface area contributed by atoms with Gasteiger partial charge in [-0.1, -0.05) is 80.4 Å². The average molecular weight is 489 g/mol.